The van der Waals surface area contributed by atoms with Gasteiger partial charge in [0.25, 0.3) is 5.91 Å². The number of thiazole rings is 1. The monoisotopic (exact) mass is 971 g/mol. The van der Waals surface area contributed by atoms with Gasteiger partial charge < -0.3 is 41.3 Å². The van der Waals surface area contributed by atoms with Crippen molar-refractivity contribution in [2.45, 2.75) is 117 Å². The van der Waals surface area contributed by atoms with E-state index in [1.807, 2.05) is 44.2 Å². The van der Waals surface area contributed by atoms with Gasteiger partial charge in [-0.3, -0.25) is 19.2 Å². The first-order chi connectivity index (χ1) is 32.5. The van der Waals surface area contributed by atoms with Gasteiger partial charge in [0.1, 0.15) is 29.5 Å². The Bertz CT molecular complexity index is 2720. The molecule has 7 rings (SSSR count). The summed E-state index contributed by atoms with van der Waals surface area (Å²) in [5, 5.41) is 20.5. The minimum atomic E-state index is -4.60. The molecule has 3 aromatic carbocycles. The van der Waals surface area contributed by atoms with Gasteiger partial charge in [-0.2, -0.15) is 13.2 Å². The third-order valence-electron chi connectivity index (χ3n) is 12.9. The van der Waals surface area contributed by atoms with Gasteiger partial charge in [-0.25, -0.2) is 15.0 Å². The largest absolute Gasteiger partial charge is 0.483 e. The van der Waals surface area contributed by atoms with E-state index in [0.29, 0.717) is 65.4 Å². The predicted molar refractivity (Wildman–Crippen MR) is 258 cm³/mol. The van der Waals surface area contributed by atoms with Gasteiger partial charge in [-0.05, 0) is 98.4 Å². The third-order valence-corrected chi connectivity index (χ3v) is 13.9. The Balaban J connectivity index is 1.09. The molecule has 5 aromatic rings. The molecular formula is C50H60F3N9O6S. The number of aryl methyl sites for hydroxylation is 2. The van der Waals surface area contributed by atoms with Gasteiger partial charge in [0, 0.05) is 50.1 Å². The number of nitrogens with two attached hydrogens (primary N) is 1. The highest BCUT2D eigenvalue weighted by Crippen LogP contribution is 2.40. The highest BCUT2D eigenvalue weighted by molar-refractivity contribution is 7.13. The number of fused-ring (bicyclic) bond motifs is 1. The van der Waals surface area contributed by atoms with Crippen LogP contribution in [0.2, 0.25) is 0 Å². The van der Waals surface area contributed by atoms with E-state index in [0.717, 1.165) is 33.8 Å². The van der Waals surface area contributed by atoms with Crippen LogP contribution in [0.1, 0.15) is 113 Å². The van der Waals surface area contributed by atoms with Gasteiger partial charge in [0.05, 0.1) is 45.3 Å². The number of rotatable bonds is 13. The van der Waals surface area contributed by atoms with Crippen molar-refractivity contribution in [3.05, 3.63) is 93.9 Å². The number of aromatic nitrogens is 3. The molecule has 368 valence electrons. The topological polar surface area (TPSA) is 205 Å². The van der Waals surface area contributed by atoms with Crippen LogP contribution in [0, 0.1) is 19.3 Å². The zero-order valence-electron chi connectivity index (χ0n) is 40.0. The predicted octanol–water partition coefficient (Wildman–Crippen LogP) is 7.62. The molecule has 0 aliphatic carbocycles. The Morgan fingerprint density at radius 2 is 1.64 bits per heavy atom. The van der Waals surface area contributed by atoms with Crippen molar-refractivity contribution >= 4 is 57.4 Å². The van der Waals surface area contributed by atoms with Crippen LogP contribution >= 0.6 is 11.3 Å². The van der Waals surface area contributed by atoms with E-state index in [1.54, 1.807) is 62.4 Å². The number of piperidine rings is 1. The highest BCUT2D eigenvalue weighted by Gasteiger charge is 2.45. The summed E-state index contributed by atoms with van der Waals surface area (Å²) in [6.45, 7) is 14.5. The first-order valence-electron chi connectivity index (χ1n) is 23.0. The summed E-state index contributed by atoms with van der Waals surface area (Å²) in [5.74, 6) is -0.653. The molecule has 0 bridgehead atoms. The number of nitrogen functional groups attached to an aromatic ring is 1. The molecule has 4 heterocycles. The van der Waals surface area contributed by atoms with E-state index in [2.05, 4.69) is 30.9 Å². The number of amides is 4. The summed E-state index contributed by atoms with van der Waals surface area (Å²) in [6.07, 6.45) is -4.37. The third kappa shape index (κ3) is 11.8. The summed E-state index contributed by atoms with van der Waals surface area (Å²) >= 11 is 1.55. The van der Waals surface area contributed by atoms with Crippen LogP contribution in [0.4, 0.5) is 24.7 Å². The molecule has 69 heavy (non-hydrogen) atoms. The number of benzene rings is 3. The minimum Gasteiger partial charge on any atom is -0.483 e. The van der Waals surface area contributed by atoms with Crippen molar-refractivity contribution in [3.8, 4) is 16.2 Å². The van der Waals surface area contributed by atoms with Crippen LogP contribution in [0.3, 0.4) is 0 Å². The first-order valence-corrected chi connectivity index (χ1v) is 23.9. The molecule has 2 aromatic heterocycles. The standard InChI is InChI=1S/C50H60F3N9O6S/c1-26(31-9-11-33(12-10-31)44-28(3)55-25-69-44)57-47(66)41-20-37(64)23-62(41)48(67)45(49(6,7)8)60-43(65)24-68-42-22-40-39(21-38(42)32-13-15-61(16-14-32)30(5)63)46(59-29(4)58-40)56-27(2)34-17-35(50(51,52)53)19-36(54)18-34/h9-12,17-19,21-22,25-27,32,37,41,45,64H,13-16,20,23-24,54H2,1-8H3,(H,57,66)(H,60,65)(H,56,58,59)/t26-,27+,37+,41-,45+/m0/s1. The number of nitrogens with one attached hydrogen (secondary N) is 3. The number of aliphatic hydroxyl groups excluding tert-OH is 1. The average Bonchev–Trinajstić information content (AvgIpc) is 3.91. The van der Waals surface area contributed by atoms with Gasteiger partial charge in [0.2, 0.25) is 17.7 Å². The second-order valence-corrected chi connectivity index (χ2v) is 20.1. The number of hydrogen-bond donors (Lipinski definition) is 5. The van der Waals surface area contributed by atoms with Crippen molar-refractivity contribution in [2.75, 3.05) is 37.3 Å². The van der Waals surface area contributed by atoms with E-state index in [1.165, 1.54) is 17.9 Å². The van der Waals surface area contributed by atoms with Gasteiger partial charge in [-0.15, -0.1) is 11.3 Å². The van der Waals surface area contributed by atoms with E-state index < -0.39 is 71.8 Å². The Labute approximate surface area is 403 Å². The normalized spacial score (nSPS) is 18.1. The Hall–Kier alpha value is -6.34. The number of anilines is 2. The van der Waals surface area contributed by atoms with Crippen LogP contribution in [0.15, 0.2) is 60.1 Å². The van der Waals surface area contributed by atoms with Crippen LogP contribution in [-0.4, -0.2) is 97.9 Å². The second-order valence-electron chi connectivity index (χ2n) is 19.2. The molecule has 6 N–H and O–H groups in total. The number of carbonyl (C=O) groups excluding carboxylic acids is 4. The summed E-state index contributed by atoms with van der Waals surface area (Å²) in [6, 6.07) is 11.6. The molecule has 2 aliphatic rings. The van der Waals surface area contributed by atoms with Crippen LogP contribution in [0.25, 0.3) is 21.3 Å². The number of halogens is 3. The van der Waals surface area contributed by atoms with Crippen LogP contribution < -0.4 is 26.4 Å². The van der Waals surface area contributed by atoms with E-state index >= 15 is 0 Å². The van der Waals surface area contributed by atoms with E-state index in [-0.39, 0.29) is 30.5 Å². The second kappa shape index (κ2) is 20.3. The fourth-order valence-electron chi connectivity index (χ4n) is 9.09. The molecule has 5 atom stereocenters. The fourth-order valence-corrected chi connectivity index (χ4v) is 9.90. The minimum absolute atomic E-state index is 0.0247. The number of alkyl halides is 3. The van der Waals surface area contributed by atoms with Gasteiger partial charge in [0.15, 0.2) is 6.61 Å². The summed E-state index contributed by atoms with van der Waals surface area (Å²) in [7, 11) is 0. The molecule has 4 amide bonds. The van der Waals surface area contributed by atoms with Crippen LogP contribution in [-0.2, 0) is 25.4 Å². The Morgan fingerprint density at radius 1 is 0.942 bits per heavy atom. The summed E-state index contributed by atoms with van der Waals surface area (Å²) in [4.78, 5) is 72.3. The molecule has 0 saturated carbocycles. The zero-order valence-corrected chi connectivity index (χ0v) is 40.8. The van der Waals surface area contributed by atoms with Crippen molar-refractivity contribution in [2.24, 2.45) is 5.41 Å². The lowest BCUT2D eigenvalue weighted by Gasteiger charge is -2.35. The van der Waals surface area contributed by atoms with Crippen molar-refractivity contribution in [3.63, 3.8) is 0 Å². The Kier molecular flexibility index (Phi) is 14.9. The Morgan fingerprint density at radius 3 is 2.26 bits per heavy atom. The zero-order chi connectivity index (χ0) is 50.1. The highest BCUT2D eigenvalue weighted by atomic mass is 32.1. The molecule has 2 fully saturated rings. The molecule has 0 unspecified atom stereocenters. The number of ether oxygens (including phenoxy) is 1. The number of carbonyl (C=O) groups is 4. The number of aliphatic hydroxyl groups is 1. The SMILES string of the molecule is CC(=O)N1CCC(c2cc3c(N[C@H](C)c4cc(N)cc(C(F)(F)F)c4)nc(C)nc3cc2OCC(=O)N[C@H](C(=O)N2C[C@H](O)C[C@H]2C(=O)N[C@@H](C)c2ccc(-c3scnc3C)cc2)C(C)(C)C)CC1. The summed E-state index contributed by atoms with van der Waals surface area (Å²) in [5.41, 5.74) is 10.2. The molecule has 0 radical (unpaired) electrons. The number of hydrogen-bond acceptors (Lipinski definition) is 12. The summed E-state index contributed by atoms with van der Waals surface area (Å²) < 4.78 is 47.5. The lowest BCUT2D eigenvalue weighted by Crippen LogP contribution is -2.58. The smallest absolute Gasteiger partial charge is 0.416 e. The van der Waals surface area contributed by atoms with Crippen molar-refractivity contribution < 1.29 is 42.2 Å². The van der Waals surface area contributed by atoms with Crippen LogP contribution in [0.5, 0.6) is 5.75 Å². The molecular weight excluding hydrogens is 912 g/mol. The van der Waals surface area contributed by atoms with E-state index in [9.17, 15) is 37.5 Å². The maximum absolute atomic E-state index is 14.5. The lowest BCUT2D eigenvalue weighted by atomic mass is 9.85. The average molecular weight is 972 g/mol. The first kappa shape index (κ1) is 50.5. The molecule has 19 heteroatoms. The maximum Gasteiger partial charge on any atom is 0.416 e. The number of nitrogens with zero attached hydrogens (tertiary/aromatic N) is 5. The number of β-amino-alcohol motifs (C(OH)–C–C–N with tert-alkyl or cyclic N) is 1. The van der Waals surface area contributed by atoms with E-state index in [4.69, 9.17) is 10.5 Å². The van der Waals surface area contributed by atoms with Crippen molar-refractivity contribution in [1.82, 2.24) is 35.4 Å². The number of likely N-dealkylation sites (tertiary alicyclic amines) is 2. The fraction of sp³-hybridized carbons (Fsp3) is 0.460. The van der Waals surface area contributed by atoms with Crippen molar-refractivity contribution in [1.29, 1.82) is 0 Å². The molecule has 2 saturated heterocycles. The van der Waals surface area contributed by atoms with Gasteiger partial charge >= 0.3 is 6.18 Å². The maximum atomic E-state index is 14.5. The van der Waals surface area contributed by atoms with Gasteiger partial charge in [-0.1, -0.05) is 45.0 Å². The quantitative estimate of drug-likeness (QED) is 0.0726. The molecule has 2 aliphatic heterocycles. The molecule has 0 spiro atoms. The molecule has 15 nitrogen and oxygen atoms in total. The lowest BCUT2D eigenvalue weighted by molar-refractivity contribution is -0.144.